The van der Waals surface area contributed by atoms with E-state index in [2.05, 4.69) is 10.4 Å². The number of rotatable bonds is 5. The van der Waals surface area contributed by atoms with Crippen LogP contribution in [0.4, 0.5) is 0 Å². The van der Waals surface area contributed by atoms with Gasteiger partial charge in [0.15, 0.2) is 0 Å². The van der Waals surface area contributed by atoms with Gasteiger partial charge in [-0.15, -0.1) is 0 Å². The molecule has 6 heteroatoms. The zero-order valence-electron chi connectivity index (χ0n) is 12.9. The Bertz CT molecular complexity index is 658. The van der Waals surface area contributed by atoms with Crippen LogP contribution >= 0.6 is 0 Å². The molecule has 1 aliphatic heterocycles. The van der Waals surface area contributed by atoms with Crippen LogP contribution in [0.5, 0.6) is 0 Å². The Hall–Kier alpha value is -2.63. The smallest absolute Gasteiger partial charge is 0.251 e. The summed E-state index contributed by atoms with van der Waals surface area (Å²) in [5, 5.41) is 6.94. The van der Waals surface area contributed by atoms with E-state index < -0.39 is 0 Å². The molecule has 1 aliphatic rings. The number of hydrogen-bond acceptors (Lipinski definition) is 3. The third-order valence-corrected chi connectivity index (χ3v) is 3.98. The largest absolute Gasteiger partial charge is 0.352 e. The summed E-state index contributed by atoms with van der Waals surface area (Å²) in [5.74, 6) is -0.0388. The molecule has 0 atom stereocenters. The fraction of sp³-hybridized carbons (Fsp3) is 0.353. The molecule has 2 amide bonds. The van der Waals surface area contributed by atoms with Crippen molar-refractivity contribution in [2.24, 2.45) is 0 Å². The van der Waals surface area contributed by atoms with Crippen LogP contribution in [0.15, 0.2) is 42.7 Å². The summed E-state index contributed by atoms with van der Waals surface area (Å²) in [7, 11) is 0. The van der Waals surface area contributed by atoms with Gasteiger partial charge in [-0.1, -0.05) is 0 Å². The van der Waals surface area contributed by atoms with Crippen molar-refractivity contribution in [3.63, 3.8) is 0 Å². The van der Waals surface area contributed by atoms with Crippen LogP contribution in [0.1, 0.15) is 29.6 Å². The summed E-state index contributed by atoms with van der Waals surface area (Å²) in [4.78, 5) is 25.9. The van der Waals surface area contributed by atoms with Crippen LogP contribution in [0.3, 0.4) is 0 Å². The van der Waals surface area contributed by atoms with E-state index in [9.17, 15) is 9.59 Å². The minimum atomic E-state index is -0.161. The maximum absolute atomic E-state index is 12.1. The molecule has 120 valence electrons. The molecule has 0 bridgehead atoms. The molecular weight excluding hydrogens is 292 g/mol. The second-order valence-corrected chi connectivity index (χ2v) is 5.59. The first kappa shape index (κ1) is 15.3. The minimum Gasteiger partial charge on any atom is -0.352 e. The predicted octanol–water partition coefficient (Wildman–Crippen LogP) is 1.61. The van der Waals surface area contributed by atoms with E-state index in [1.54, 1.807) is 23.0 Å². The molecular formula is C17H20N4O2. The molecule has 1 N–H and O–H groups in total. The van der Waals surface area contributed by atoms with E-state index in [-0.39, 0.29) is 11.8 Å². The van der Waals surface area contributed by atoms with Crippen LogP contribution in [0.25, 0.3) is 5.69 Å². The van der Waals surface area contributed by atoms with Gasteiger partial charge < -0.3 is 10.2 Å². The number of carbonyl (C=O) groups is 2. The fourth-order valence-electron chi connectivity index (χ4n) is 2.70. The molecule has 1 aromatic heterocycles. The molecule has 0 radical (unpaired) electrons. The average molecular weight is 312 g/mol. The van der Waals surface area contributed by atoms with Gasteiger partial charge in [0.2, 0.25) is 5.91 Å². The first-order valence-corrected chi connectivity index (χ1v) is 7.90. The molecule has 2 heterocycles. The lowest BCUT2D eigenvalue weighted by molar-refractivity contribution is -0.129. The highest BCUT2D eigenvalue weighted by atomic mass is 16.2. The molecule has 1 fully saturated rings. The standard InChI is InChI=1S/C17H20N4O2/c22-16(20-11-1-2-12-20)8-10-18-17(23)14-4-6-15(7-5-14)21-13-3-9-19-21/h3-7,9,13H,1-2,8,10-12H2,(H,18,23). The Morgan fingerprint density at radius 2 is 1.87 bits per heavy atom. The minimum absolute atomic E-state index is 0.122. The summed E-state index contributed by atoms with van der Waals surface area (Å²) >= 11 is 0. The Labute approximate surface area is 135 Å². The molecule has 1 saturated heterocycles. The first-order chi connectivity index (χ1) is 11.2. The Morgan fingerprint density at radius 3 is 2.52 bits per heavy atom. The van der Waals surface area contributed by atoms with Crippen molar-refractivity contribution in [3.05, 3.63) is 48.3 Å². The number of nitrogens with one attached hydrogen (secondary N) is 1. The zero-order chi connectivity index (χ0) is 16.1. The van der Waals surface area contributed by atoms with E-state index in [0.29, 0.717) is 18.5 Å². The number of benzene rings is 1. The van der Waals surface area contributed by atoms with Crippen molar-refractivity contribution >= 4 is 11.8 Å². The third-order valence-electron chi connectivity index (χ3n) is 3.98. The summed E-state index contributed by atoms with van der Waals surface area (Å²) in [6.45, 7) is 2.07. The fourth-order valence-corrected chi connectivity index (χ4v) is 2.70. The quantitative estimate of drug-likeness (QED) is 0.912. The van der Waals surface area contributed by atoms with Crippen molar-refractivity contribution in [2.75, 3.05) is 19.6 Å². The van der Waals surface area contributed by atoms with Gasteiger partial charge in [0, 0.05) is 44.0 Å². The van der Waals surface area contributed by atoms with Crippen LogP contribution in [0.2, 0.25) is 0 Å². The van der Waals surface area contributed by atoms with Gasteiger partial charge in [-0.25, -0.2) is 4.68 Å². The highest BCUT2D eigenvalue weighted by molar-refractivity contribution is 5.94. The second-order valence-electron chi connectivity index (χ2n) is 5.59. The van der Waals surface area contributed by atoms with Gasteiger partial charge >= 0.3 is 0 Å². The Balaban J connectivity index is 1.49. The van der Waals surface area contributed by atoms with E-state index in [1.165, 1.54) is 0 Å². The number of carbonyl (C=O) groups excluding carboxylic acids is 2. The molecule has 0 aliphatic carbocycles. The van der Waals surface area contributed by atoms with Gasteiger partial charge in [-0.3, -0.25) is 9.59 Å². The molecule has 0 unspecified atom stereocenters. The topological polar surface area (TPSA) is 67.2 Å². The lowest BCUT2D eigenvalue weighted by Crippen LogP contribution is -2.32. The van der Waals surface area contributed by atoms with Crippen molar-refractivity contribution in [1.29, 1.82) is 0 Å². The lowest BCUT2D eigenvalue weighted by Gasteiger charge is -2.15. The van der Waals surface area contributed by atoms with Gasteiger partial charge in [-0.2, -0.15) is 5.10 Å². The maximum atomic E-state index is 12.1. The molecule has 23 heavy (non-hydrogen) atoms. The van der Waals surface area contributed by atoms with Crippen LogP contribution in [0, 0.1) is 0 Å². The van der Waals surface area contributed by atoms with E-state index in [4.69, 9.17) is 0 Å². The van der Waals surface area contributed by atoms with E-state index in [1.807, 2.05) is 29.3 Å². The number of likely N-dealkylation sites (tertiary alicyclic amines) is 1. The average Bonchev–Trinajstić information content (AvgIpc) is 3.28. The SMILES string of the molecule is O=C(NCCC(=O)N1CCCC1)c1ccc(-n2cccn2)cc1. The maximum Gasteiger partial charge on any atom is 0.251 e. The number of hydrogen-bond donors (Lipinski definition) is 1. The van der Waals surface area contributed by atoms with Gasteiger partial charge in [-0.05, 0) is 43.2 Å². The number of nitrogens with zero attached hydrogens (tertiary/aromatic N) is 3. The Morgan fingerprint density at radius 1 is 1.13 bits per heavy atom. The van der Waals surface area contributed by atoms with Crippen LogP contribution < -0.4 is 5.32 Å². The summed E-state index contributed by atoms with van der Waals surface area (Å²) in [6.07, 6.45) is 6.08. The van der Waals surface area contributed by atoms with Crippen molar-refractivity contribution in [3.8, 4) is 5.69 Å². The monoisotopic (exact) mass is 312 g/mol. The molecule has 1 aromatic carbocycles. The summed E-state index contributed by atoms with van der Waals surface area (Å²) in [5.41, 5.74) is 1.48. The molecule has 6 nitrogen and oxygen atoms in total. The Kier molecular flexibility index (Phi) is 4.71. The van der Waals surface area contributed by atoms with Crippen molar-refractivity contribution < 1.29 is 9.59 Å². The lowest BCUT2D eigenvalue weighted by atomic mass is 10.2. The second kappa shape index (κ2) is 7.09. The van der Waals surface area contributed by atoms with Gasteiger partial charge in [0.25, 0.3) is 5.91 Å². The van der Waals surface area contributed by atoms with Crippen LogP contribution in [-0.4, -0.2) is 46.1 Å². The number of aromatic nitrogens is 2. The first-order valence-electron chi connectivity index (χ1n) is 7.90. The third kappa shape index (κ3) is 3.77. The number of amides is 2. The molecule has 0 spiro atoms. The van der Waals surface area contributed by atoms with Gasteiger partial charge in [0.05, 0.1) is 5.69 Å². The predicted molar refractivity (Wildman–Crippen MR) is 86.3 cm³/mol. The highest BCUT2D eigenvalue weighted by Gasteiger charge is 2.17. The zero-order valence-corrected chi connectivity index (χ0v) is 12.9. The summed E-state index contributed by atoms with van der Waals surface area (Å²) in [6, 6.07) is 9.05. The summed E-state index contributed by atoms with van der Waals surface area (Å²) < 4.78 is 1.73. The van der Waals surface area contributed by atoms with Crippen molar-refractivity contribution in [1.82, 2.24) is 20.0 Å². The molecule has 0 saturated carbocycles. The normalized spacial score (nSPS) is 14.0. The van der Waals surface area contributed by atoms with Crippen LogP contribution in [-0.2, 0) is 4.79 Å². The molecule has 3 rings (SSSR count). The molecule has 2 aromatic rings. The highest BCUT2D eigenvalue weighted by Crippen LogP contribution is 2.10. The van der Waals surface area contributed by atoms with Gasteiger partial charge in [0.1, 0.15) is 0 Å². The van der Waals surface area contributed by atoms with Crippen molar-refractivity contribution in [2.45, 2.75) is 19.3 Å². The van der Waals surface area contributed by atoms with E-state index in [0.717, 1.165) is 31.6 Å². The van der Waals surface area contributed by atoms with E-state index >= 15 is 0 Å².